The fraction of sp³-hybridized carbons (Fsp3) is 0.353. The molecule has 0 fully saturated rings. The van der Waals surface area contributed by atoms with E-state index < -0.39 is 5.97 Å². The normalized spacial score (nSPS) is 11.2. The second-order valence-electron chi connectivity index (χ2n) is 4.53. The number of benzene rings is 1. The van der Waals surface area contributed by atoms with Crippen LogP contribution in [0, 0.1) is 0 Å². The third-order valence-corrected chi connectivity index (χ3v) is 2.79. The summed E-state index contributed by atoms with van der Waals surface area (Å²) < 4.78 is 5.65. The van der Waals surface area contributed by atoms with Gasteiger partial charge in [-0.1, -0.05) is 56.5 Å². The zero-order valence-corrected chi connectivity index (χ0v) is 11.9. The van der Waals surface area contributed by atoms with E-state index in [2.05, 4.69) is 6.92 Å². The molecule has 0 radical (unpaired) electrons. The van der Waals surface area contributed by atoms with Gasteiger partial charge in [0, 0.05) is 6.08 Å². The van der Waals surface area contributed by atoms with Crippen LogP contribution in [0.1, 0.15) is 38.2 Å². The van der Waals surface area contributed by atoms with Gasteiger partial charge in [-0.2, -0.15) is 0 Å². The van der Waals surface area contributed by atoms with E-state index in [9.17, 15) is 4.79 Å². The van der Waals surface area contributed by atoms with Crippen molar-refractivity contribution in [3.05, 3.63) is 48.1 Å². The number of carbonyl (C=O) groups is 1. The average Bonchev–Trinajstić information content (AvgIpc) is 2.44. The molecule has 20 heavy (non-hydrogen) atoms. The van der Waals surface area contributed by atoms with Crippen molar-refractivity contribution in [1.82, 2.24) is 0 Å². The van der Waals surface area contributed by atoms with Crippen LogP contribution in [0.25, 0.3) is 6.08 Å². The molecule has 1 aromatic carbocycles. The largest absolute Gasteiger partial charge is 0.494 e. The van der Waals surface area contributed by atoms with E-state index in [4.69, 9.17) is 9.84 Å². The molecule has 0 heterocycles. The minimum Gasteiger partial charge on any atom is -0.494 e. The van der Waals surface area contributed by atoms with Gasteiger partial charge in [0.2, 0.25) is 0 Å². The summed E-state index contributed by atoms with van der Waals surface area (Å²) in [5.74, 6) is -0.0683. The maximum atomic E-state index is 10.3. The lowest BCUT2D eigenvalue weighted by molar-refractivity contribution is -0.131. The van der Waals surface area contributed by atoms with E-state index in [0.717, 1.165) is 30.4 Å². The van der Waals surface area contributed by atoms with Crippen LogP contribution in [0.4, 0.5) is 0 Å². The SMILES string of the molecule is CCCCCCOc1ccc(/C=C/C=C/C(=O)O)cc1. The number of rotatable bonds is 9. The molecule has 0 unspecified atom stereocenters. The van der Waals surface area contributed by atoms with E-state index in [0.29, 0.717) is 0 Å². The van der Waals surface area contributed by atoms with E-state index in [1.807, 2.05) is 30.3 Å². The fourth-order valence-corrected chi connectivity index (χ4v) is 1.70. The van der Waals surface area contributed by atoms with Gasteiger partial charge in [0.1, 0.15) is 5.75 Å². The van der Waals surface area contributed by atoms with E-state index in [-0.39, 0.29) is 0 Å². The molecule has 0 saturated carbocycles. The van der Waals surface area contributed by atoms with E-state index in [1.54, 1.807) is 6.08 Å². The Morgan fingerprint density at radius 3 is 2.55 bits per heavy atom. The van der Waals surface area contributed by atoms with Crippen molar-refractivity contribution in [1.29, 1.82) is 0 Å². The van der Waals surface area contributed by atoms with Gasteiger partial charge in [0.15, 0.2) is 0 Å². The third kappa shape index (κ3) is 7.41. The standard InChI is InChI=1S/C17H22O3/c1-2-3-4-7-14-20-16-12-10-15(11-13-16)8-5-6-9-17(18)19/h5-6,8-13H,2-4,7,14H2,1H3,(H,18,19)/b8-5+,9-6+. The van der Waals surface area contributed by atoms with E-state index >= 15 is 0 Å². The Morgan fingerprint density at radius 2 is 1.90 bits per heavy atom. The molecular weight excluding hydrogens is 252 g/mol. The molecule has 1 rings (SSSR count). The molecule has 108 valence electrons. The van der Waals surface area contributed by atoms with Gasteiger partial charge >= 0.3 is 5.97 Å². The van der Waals surface area contributed by atoms with Crippen molar-refractivity contribution in [2.24, 2.45) is 0 Å². The average molecular weight is 274 g/mol. The molecule has 0 amide bonds. The van der Waals surface area contributed by atoms with Gasteiger partial charge in [0.25, 0.3) is 0 Å². The summed E-state index contributed by atoms with van der Waals surface area (Å²) in [7, 11) is 0. The maximum Gasteiger partial charge on any atom is 0.328 e. The van der Waals surface area contributed by atoms with Crippen molar-refractivity contribution in [3.63, 3.8) is 0 Å². The quantitative estimate of drug-likeness (QED) is 0.415. The maximum absolute atomic E-state index is 10.3. The van der Waals surface area contributed by atoms with Gasteiger partial charge in [0.05, 0.1) is 6.61 Å². The molecule has 0 bridgehead atoms. The summed E-state index contributed by atoms with van der Waals surface area (Å²) in [6, 6.07) is 7.76. The molecule has 1 aromatic rings. The highest BCUT2D eigenvalue weighted by Gasteiger charge is 1.94. The minimum absolute atomic E-state index is 0.760. The minimum atomic E-state index is -0.943. The molecule has 0 aliphatic rings. The van der Waals surface area contributed by atoms with Crippen LogP contribution in [0.5, 0.6) is 5.75 Å². The first-order valence-electron chi connectivity index (χ1n) is 7.03. The fourth-order valence-electron chi connectivity index (χ4n) is 1.70. The number of hydrogen-bond acceptors (Lipinski definition) is 2. The van der Waals surface area contributed by atoms with Crippen molar-refractivity contribution in [2.45, 2.75) is 32.6 Å². The highest BCUT2D eigenvalue weighted by Crippen LogP contribution is 2.14. The summed E-state index contributed by atoms with van der Waals surface area (Å²) in [5, 5.41) is 8.45. The highest BCUT2D eigenvalue weighted by atomic mass is 16.5. The van der Waals surface area contributed by atoms with Crippen LogP contribution in [-0.4, -0.2) is 17.7 Å². The number of unbranched alkanes of at least 4 members (excludes halogenated alkanes) is 3. The van der Waals surface area contributed by atoms with Gasteiger partial charge in [-0.05, 0) is 24.1 Å². The van der Waals surface area contributed by atoms with Crippen molar-refractivity contribution in [3.8, 4) is 5.75 Å². The molecular formula is C17H22O3. The van der Waals surface area contributed by atoms with Gasteiger partial charge in [-0.25, -0.2) is 4.79 Å². The lowest BCUT2D eigenvalue weighted by atomic mass is 10.2. The molecule has 0 aromatic heterocycles. The van der Waals surface area contributed by atoms with Crippen molar-refractivity contribution in [2.75, 3.05) is 6.61 Å². The van der Waals surface area contributed by atoms with Crippen LogP contribution in [0.3, 0.4) is 0 Å². The molecule has 0 atom stereocenters. The molecule has 0 aliphatic carbocycles. The lowest BCUT2D eigenvalue weighted by Gasteiger charge is -2.05. The molecule has 0 aliphatic heterocycles. The molecule has 1 N–H and O–H groups in total. The lowest BCUT2D eigenvalue weighted by Crippen LogP contribution is -1.96. The number of carboxylic acid groups (broad SMARTS) is 1. The number of ether oxygens (including phenoxy) is 1. The van der Waals surface area contributed by atoms with Crippen LogP contribution >= 0.6 is 0 Å². The first-order chi connectivity index (χ1) is 9.72. The molecule has 0 saturated heterocycles. The number of aliphatic carboxylic acids is 1. The van der Waals surface area contributed by atoms with Crippen LogP contribution < -0.4 is 4.74 Å². The number of hydrogen-bond donors (Lipinski definition) is 1. The van der Waals surface area contributed by atoms with E-state index in [1.165, 1.54) is 25.3 Å². The Bertz CT molecular complexity index is 444. The Balaban J connectivity index is 2.34. The zero-order valence-electron chi connectivity index (χ0n) is 11.9. The van der Waals surface area contributed by atoms with Crippen LogP contribution in [-0.2, 0) is 4.79 Å². The number of carboxylic acids is 1. The highest BCUT2D eigenvalue weighted by molar-refractivity contribution is 5.80. The summed E-state index contributed by atoms with van der Waals surface area (Å²) >= 11 is 0. The third-order valence-electron chi connectivity index (χ3n) is 2.79. The predicted molar refractivity (Wildman–Crippen MR) is 81.9 cm³/mol. The van der Waals surface area contributed by atoms with Crippen molar-refractivity contribution >= 4 is 12.0 Å². The monoisotopic (exact) mass is 274 g/mol. The zero-order chi connectivity index (χ0) is 14.6. The molecule has 0 spiro atoms. The predicted octanol–water partition coefficient (Wildman–Crippen LogP) is 4.30. The Kier molecular flexibility index (Phi) is 7.89. The van der Waals surface area contributed by atoms with Gasteiger partial charge < -0.3 is 9.84 Å². The second kappa shape index (κ2) is 9.84. The molecule has 3 nitrogen and oxygen atoms in total. The Morgan fingerprint density at radius 1 is 1.15 bits per heavy atom. The Labute approximate surface area is 120 Å². The van der Waals surface area contributed by atoms with Crippen molar-refractivity contribution < 1.29 is 14.6 Å². The Hall–Kier alpha value is -2.03. The smallest absolute Gasteiger partial charge is 0.328 e. The summed E-state index contributed by atoms with van der Waals surface area (Å²) in [4.78, 5) is 10.3. The summed E-state index contributed by atoms with van der Waals surface area (Å²) in [5.41, 5.74) is 1.01. The molecule has 3 heteroatoms. The first kappa shape index (κ1) is 16.0. The van der Waals surface area contributed by atoms with Crippen LogP contribution in [0.2, 0.25) is 0 Å². The topological polar surface area (TPSA) is 46.5 Å². The first-order valence-corrected chi connectivity index (χ1v) is 7.03. The second-order valence-corrected chi connectivity index (χ2v) is 4.53. The van der Waals surface area contributed by atoms with Gasteiger partial charge in [-0.3, -0.25) is 0 Å². The summed E-state index contributed by atoms with van der Waals surface area (Å²) in [6.07, 6.45) is 11.0. The van der Waals surface area contributed by atoms with Crippen LogP contribution in [0.15, 0.2) is 42.5 Å². The summed E-state index contributed by atoms with van der Waals surface area (Å²) in [6.45, 7) is 2.95. The van der Waals surface area contributed by atoms with Gasteiger partial charge in [-0.15, -0.1) is 0 Å². The number of allylic oxidation sites excluding steroid dienone is 2.